The number of esters is 1. The van der Waals surface area contributed by atoms with Crippen LogP contribution in [-0.4, -0.2) is 41.3 Å². The van der Waals surface area contributed by atoms with Crippen LogP contribution in [0.15, 0.2) is 30.3 Å². The number of nitrogens with one attached hydrogen (secondary N) is 1. The van der Waals surface area contributed by atoms with Crippen LogP contribution in [0.2, 0.25) is 0 Å². The van der Waals surface area contributed by atoms with E-state index in [0.717, 1.165) is 5.56 Å². The number of carboxylic acid groups (broad SMARTS) is 2. The Morgan fingerprint density at radius 3 is 2.10 bits per heavy atom. The van der Waals surface area contributed by atoms with Gasteiger partial charge in [0, 0.05) is 6.54 Å². The van der Waals surface area contributed by atoms with Gasteiger partial charge in [-0.05, 0) is 12.5 Å². The molecule has 3 N–H and O–H groups in total. The summed E-state index contributed by atoms with van der Waals surface area (Å²) in [6.07, 6.45) is 0. The molecule has 20 heavy (non-hydrogen) atoms. The van der Waals surface area contributed by atoms with Crippen LogP contribution in [0.3, 0.4) is 0 Å². The summed E-state index contributed by atoms with van der Waals surface area (Å²) in [5.74, 6) is -3.85. The summed E-state index contributed by atoms with van der Waals surface area (Å²) in [6, 6.07) is 9.94. The van der Waals surface area contributed by atoms with E-state index in [9.17, 15) is 4.79 Å². The molecule has 0 radical (unpaired) electrons. The highest BCUT2D eigenvalue weighted by atomic mass is 16.5. The molecule has 1 rings (SSSR count). The Bertz CT molecular complexity index is 420. The highest BCUT2D eigenvalue weighted by Gasteiger charge is 2.04. The number of carbonyl (C=O) groups is 3. The van der Waals surface area contributed by atoms with E-state index < -0.39 is 11.9 Å². The first-order valence-corrected chi connectivity index (χ1v) is 5.83. The molecule has 7 nitrogen and oxygen atoms in total. The summed E-state index contributed by atoms with van der Waals surface area (Å²) < 4.78 is 4.78. The minimum Gasteiger partial charge on any atom is -0.473 e. The number of rotatable bonds is 5. The molecule has 110 valence electrons. The van der Waals surface area contributed by atoms with Gasteiger partial charge in [-0.1, -0.05) is 30.3 Å². The monoisotopic (exact) mass is 283 g/mol. The van der Waals surface area contributed by atoms with Crippen LogP contribution < -0.4 is 5.32 Å². The first-order valence-electron chi connectivity index (χ1n) is 5.83. The smallest absolute Gasteiger partial charge is 0.414 e. The van der Waals surface area contributed by atoms with E-state index >= 15 is 0 Å². The van der Waals surface area contributed by atoms with Gasteiger partial charge in [-0.2, -0.15) is 0 Å². The van der Waals surface area contributed by atoms with Crippen molar-refractivity contribution in [1.29, 1.82) is 0 Å². The fourth-order valence-corrected chi connectivity index (χ4v) is 1.12. The Morgan fingerprint density at radius 1 is 1.10 bits per heavy atom. The molecule has 0 aromatic heterocycles. The highest BCUT2D eigenvalue weighted by Crippen LogP contribution is 1.96. The molecule has 1 aromatic carbocycles. The molecule has 0 saturated carbocycles. The molecule has 0 amide bonds. The molecule has 0 aliphatic carbocycles. The van der Waals surface area contributed by atoms with Crippen LogP contribution in [0.25, 0.3) is 0 Å². The summed E-state index contributed by atoms with van der Waals surface area (Å²) in [5.41, 5.74) is 1.16. The normalized spacial score (nSPS) is 9.05. The molecule has 0 aliphatic rings. The minimum absolute atomic E-state index is 0.205. The second-order valence-corrected chi connectivity index (χ2v) is 3.50. The largest absolute Gasteiger partial charge is 0.473 e. The lowest BCUT2D eigenvalue weighted by atomic mass is 10.2. The van der Waals surface area contributed by atoms with Gasteiger partial charge in [-0.15, -0.1) is 0 Å². The zero-order valence-corrected chi connectivity index (χ0v) is 11.0. The number of carbonyl (C=O) groups excluding carboxylic acids is 1. The third kappa shape index (κ3) is 9.60. The zero-order chi connectivity index (χ0) is 15.4. The maximum atomic E-state index is 10.9. The number of aliphatic carboxylic acids is 2. The van der Waals surface area contributed by atoms with Gasteiger partial charge in [0.15, 0.2) is 0 Å². The van der Waals surface area contributed by atoms with Crippen molar-refractivity contribution in [2.75, 3.05) is 13.2 Å². The summed E-state index contributed by atoms with van der Waals surface area (Å²) >= 11 is 0. The first-order chi connectivity index (χ1) is 9.47. The standard InChI is InChI=1S/C11H15NO2.C2H2O4/c1-2-14-11(13)9-12-8-10-6-4-3-5-7-10;3-1(4)2(5)6/h3-7,12H,2,8-9H2,1H3;(H,3,4)(H,5,6). The van der Waals surface area contributed by atoms with E-state index in [4.69, 9.17) is 24.5 Å². The van der Waals surface area contributed by atoms with Crippen LogP contribution in [-0.2, 0) is 25.7 Å². The third-order valence-electron chi connectivity index (χ3n) is 1.93. The molecular weight excluding hydrogens is 266 g/mol. The topological polar surface area (TPSA) is 113 Å². The number of hydrogen-bond donors (Lipinski definition) is 3. The second-order valence-electron chi connectivity index (χ2n) is 3.50. The fourth-order valence-electron chi connectivity index (χ4n) is 1.12. The van der Waals surface area contributed by atoms with Crippen molar-refractivity contribution in [1.82, 2.24) is 5.32 Å². The Kier molecular flexibility index (Phi) is 9.24. The predicted octanol–water partition coefficient (Wildman–Crippen LogP) is 0.495. The van der Waals surface area contributed by atoms with Gasteiger partial charge < -0.3 is 20.3 Å². The number of carboxylic acids is 2. The van der Waals surface area contributed by atoms with E-state index in [-0.39, 0.29) is 12.5 Å². The van der Waals surface area contributed by atoms with Crippen LogP contribution >= 0.6 is 0 Å². The molecule has 1 aromatic rings. The molecule has 0 saturated heterocycles. The van der Waals surface area contributed by atoms with Crippen LogP contribution in [0.5, 0.6) is 0 Å². The van der Waals surface area contributed by atoms with E-state index in [1.807, 2.05) is 30.3 Å². The average Bonchev–Trinajstić information content (AvgIpc) is 2.41. The van der Waals surface area contributed by atoms with Gasteiger partial charge in [-0.3, -0.25) is 4.79 Å². The van der Waals surface area contributed by atoms with Gasteiger partial charge in [0.1, 0.15) is 0 Å². The van der Waals surface area contributed by atoms with Crippen molar-refractivity contribution in [3.8, 4) is 0 Å². The van der Waals surface area contributed by atoms with Crippen molar-refractivity contribution in [3.63, 3.8) is 0 Å². The van der Waals surface area contributed by atoms with Crippen molar-refractivity contribution in [2.45, 2.75) is 13.5 Å². The van der Waals surface area contributed by atoms with Crippen molar-refractivity contribution in [2.24, 2.45) is 0 Å². The minimum atomic E-state index is -1.82. The van der Waals surface area contributed by atoms with Crippen LogP contribution in [0, 0.1) is 0 Å². The lowest BCUT2D eigenvalue weighted by molar-refractivity contribution is -0.159. The van der Waals surface area contributed by atoms with E-state index in [2.05, 4.69) is 5.32 Å². The highest BCUT2D eigenvalue weighted by molar-refractivity contribution is 6.27. The molecule has 7 heteroatoms. The Morgan fingerprint density at radius 2 is 1.65 bits per heavy atom. The maximum absolute atomic E-state index is 10.9. The Labute approximate surface area is 116 Å². The van der Waals surface area contributed by atoms with Gasteiger partial charge in [0.25, 0.3) is 0 Å². The Balaban J connectivity index is 0.000000511. The van der Waals surface area contributed by atoms with E-state index in [1.165, 1.54) is 0 Å². The summed E-state index contributed by atoms with van der Waals surface area (Å²) in [4.78, 5) is 29.1. The van der Waals surface area contributed by atoms with Crippen LogP contribution in [0.1, 0.15) is 12.5 Å². The van der Waals surface area contributed by atoms with Crippen molar-refractivity contribution < 1.29 is 29.3 Å². The third-order valence-corrected chi connectivity index (χ3v) is 1.93. The molecule has 0 unspecified atom stereocenters. The van der Waals surface area contributed by atoms with Gasteiger partial charge in [0.2, 0.25) is 0 Å². The fraction of sp³-hybridized carbons (Fsp3) is 0.308. The molecular formula is C13H17NO6. The number of benzene rings is 1. The second kappa shape index (κ2) is 10.5. The summed E-state index contributed by atoms with van der Waals surface area (Å²) in [6.45, 7) is 3.20. The predicted molar refractivity (Wildman–Crippen MR) is 70.1 cm³/mol. The number of ether oxygens (including phenoxy) is 1. The SMILES string of the molecule is CCOC(=O)CNCc1ccccc1.O=C(O)C(=O)O. The Hall–Kier alpha value is -2.41. The molecule has 0 atom stereocenters. The van der Waals surface area contributed by atoms with Gasteiger partial charge >= 0.3 is 17.9 Å². The first kappa shape index (κ1) is 17.6. The lowest BCUT2D eigenvalue weighted by Gasteiger charge is -2.04. The van der Waals surface area contributed by atoms with E-state index in [1.54, 1.807) is 6.92 Å². The molecule has 0 aliphatic heterocycles. The summed E-state index contributed by atoms with van der Waals surface area (Å²) in [7, 11) is 0. The van der Waals surface area contributed by atoms with Gasteiger partial charge in [-0.25, -0.2) is 9.59 Å². The maximum Gasteiger partial charge on any atom is 0.414 e. The van der Waals surface area contributed by atoms with Crippen molar-refractivity contribution in [3.05, 3.63) is 35.9 Å². The number of hydrogen-bond acceptors (Lipinski definition) is 5. The van der Waals surface area contributed by atoms with Crippen LogP contribution in [0.4, 0.5) is 0 Å². The molecule has 0 spiro atoms. The molecule has 0 bridgehead atoms. The van der Waals surface area contributed by atoms with Crippen molar-refractivity contribution >= 4 is 17.9 Å². The zero-order valence-electron chi connectivity index (χ0n) is 11.0. The lowest BCUT2D eigenvalue weighted by Crippen LogP contribution is -2.24. The summed E-state index contributed by atoms with van der Waals surface area (Å²) in [5, 5.41) is 17.8. The average molecular weight is 283 g/mol. The van der Waals surface area contributed by atoms with Gasteiger partial charge in [0.05, 0.1) is 13.2 Å². The molecule has 0 heterocycles. The quantitative estimate of drug-likeness (QED) is 0.532. The van der Waals surface area contributed by atoms with E-state index in [0.29, 0.717) is 13.2 Å². The molecule has 0 fully saturated rings.